The molecule has 0 aromatic heterocycles. The van der Waals surface area contributed by atoms with E-state index in [1.807, 2.05) is 7.05 Å². The Morgan fingerprint density at radius 3 is 2.67 bits per heavy atom. The lowest BCUT2D eigenvalue weighted by molar-refractivity contribution is 0.185. The molecule has 2 nitrogen and oxygen atoms in total. The number of piperidine rings is 1. The molecule has 1 aliphatic heterocycles. The number of likely N-dealkylation sites (N-methyl/N-ethyl adjacent to an activating group) is 1. The van der Waals surface area contributed by atoms with Gasteiger partial charge in [0.25, 0.3) is 0 Å². The number of nitrogens with zero attached hydrogens (tertiary/aromatic N) is 1. The quantitative estimate of drug-likeness (QED) is 0.837. The number of likely N-dealkylation sites (tertiary alicyclic amines) is 1. The van der Waals surface area contributed by atoms with Gasteiger partial charge < -0.3 is 5.32 Å². The summed E-state index contributed by atoms with van der Waals surface area (Å²) < 4.78 is 39.4. The summed E-state index contributed by atoms with van der Waals surface area (Å²) in [6, 6.07) is 1.95. The van der Waals surface area contributed by atoms with E-state index in [1.54, 1.807) is 0 Å². The first kappa shape index (κ1) is 13.4. The van der Waals surface area contributed by atoms with Gasteiger partial charge in [0.15, 0.2) is 11.6 Å². The van der Waals surface area contributed by atoms with Crippen molar-refractivity contribution < 1.29 is 13.2 Å². The topological polar surface area (TPSA) is 15.3 Å². The van der Waals surface area contributed by atoms with Crippen LogP contribution < -0.4 is 5.32 Å². The zero-order valence-electron chi connectivity index (χ0n) is 10.3. The van der Waals surface area contributed by atoms with Crippen molar-refractivity contribution in [1.82, 2.24) is 10.2 Å². The van der Waals surface area contributed by atoms with Crippen LogP contribution in [0.2, 0.25) is 0 Å². The maximum Gasteiger partial charge on any atom is 0.161 e. The van der Waals surface area contributed by atoms with Crippen LogP contribution in [0.25, 0.3) is 0 Å². The molecule has 2 rings (SSSR count). The van der Waals surface area contributed by atoms with Gasteiger partial charge in [-0.2, -0.15) is 0 Å². The molecular weight excluding hydrogens is 241 g/mol. The SMILES string of the molecule is CNC1CCCN(Cc2cc(F)c(F)cc2F)C1. The van der Waals surface area contributed by atoms with E-state index in [9.17, 15) is 13.2 Å². The molecule has 1 aliphatic rings. The summed E-state index contributed by atoms with van der Waals surface area (Å²) >= 11 is 0. The Labute approximate surface area is 105 Å². The van der Waals surface area contributed by atoms with Crippen LogP contribution in [0.15, 0.2) is 12.1 Å². The summed E-state index contributed by atoms with van der Waals surface area (Å²) in [6.45, 7) is 1.98. The Balaban J connectivity index is 2.07. The fourth-order valence-corrected chi connectivity index (χ4v) is 2.36. The van der Waals surface area contributed by atoms with E-state index in [0.717, 1.165) is 32.0 Å². The van der Waals surface area contributed by atoms with Crippen molar-refractivity contribution in [2.45, 2.75) is 25.4 Å². The summed E-state index contributed by atoms with van der Waals surface area (Å²) in [5.74, 6) is -2.81. The Morgan fingerprint density at radius 1 is 1.22 bits per heavy atom. The highest BCUT2D eigenvalue weighted by Gasteiger charge is 2.20. The number of benzene rings is 1. The zero-order valence-corrected chi connectivity index (χ0v) is 10.3. The zero-order chi connectivity index (χ0) is 13.1. The third-order valence-corrected chi connectivity index (χ3v) is 3.40. The molecule has 0 radical (unpaired) electrons. The molecule has 1 atom stereocenters. The molecule has 1 fully saturated rings. The van der Waals surface area contributed by atoms with Crippen LogP contribution in [0.5, 0.6) is 0 Å². The molecule has 1 aromatic carbocycles. The maximum atomic E-state index is 13.5. The molecule has 0 aliphatic carbocycles. The summed E-state index contributed by atoms with van der Waals surface area (Å²) in [5, 5.41) is 3.19. The summed E-state index contributed by atoms with van der Waals surface area (Å²) in [7, 11) is 1.90. The Bertz CT molecular complexity index is 423. The van der Waals surface area contributed by atoms with E-state index in [4.69, 9.17) is 0 Å². The van der Waals surface area contributed by atoms with E-state index in [-0.39, 0.29) is 5.56 Å². The van der Waals surface area contributed by atoms with Crippen molar-refractivity contribution in [3.63, 3.8) is 0 Å². The third kappa shape index (κ3) is 3.03. The Hall–Kier alpha value is -1.07. The molecule has 1 saturated heterocycles. The lowest BCUT2D eigenvalue weighted by atomic mass is 10.0. The van der Waals surface area contributed by atoms with Crippen LogP contribution in [0.4, 0.5) is 13.2 Å². The normalized spacial score (nSPS) is 21.2. The van der Waals surface area contributed by atoms with Crippen molar-refractivity contribution in [2.24, 2.45) is 0 Å². The van der Waals surface area contributed by atoms with Crippen molar-refractivity contribution in [3.05, 3.63) is 35.1 Å². The van der Waals surface area contributed by atoms with Gasteiger partial charge >= 0.3 is 0 Å². The standard InChI is InChI=1S/C13H17F3N2/c1-17-10-3-2-4-18(8-10)7-9-5-12(15)13(16)6-11(9)14/h5-6,10,17H,2-4,7-8H2,1H3. The van der Waals surface area contributed by atoms with Crippen molar-refractivity contribution in [2.75, 3.05) is 20.1 Å². The highest BCUT2D eigenvalue weighted by molar-refractivity contribution is 5.20. The van der Waals surface area contributed by atoms with Crippen molar-refractivity contribution >= 4 is 0 Å². The van der Waals surface area contributed by atoms with Crippen LogP contribution >= 0.6 is 0 Å². The van der Waals surface area contributed by atoms with Gasteiger partial charge in [-0.05, 0) is 32.5 Å². The second-order valence-corrected chi connectivity index (χ2v) is 4.72. The van der Waals surface area contributed by atoms with Gasteiger partial charge in [-0.3, -0.25) is 4.90 Å². The van der Waals surface area contributed by atoms with Crippen molar-refractivity contribution in [3.8, 4) is 0 Å². The first-order valence-corrected chi connectivity index (χ1v) is 6.13. The minimum atomic E-state index is -1.14. The predicted molar refractivity (Wildman–Crippen MR) is 63.7 cm³/mol. The smallest absolute Gasteiger partial charge is 0.161 e. The minimum Gasteiger partial charge on any atom is -0.316 e. The monoisotopic (exact) mass is 258 g/mol. The summed E-state index contributed by atoms with van der Waals surface area (Å²) in [4.78, 5) is 2.06. The average Bonchev–Trinajstić information content (AvgIpc) is 2.36. The predicted octanol–water partition coefficient (Wildman–Crippen LogP) is 2.29. The molecule has 100 valence electrons. The number of nitrogens with one attached hydrogen (secondary N) is 1. The lowest BCUT2D eigenvalue weighted by Gasteiger charge is -2.32. The van der Waals surface area contributed by atoms with E-state index < -0.39 is 17.5 Å². The number of hydrogen-bond donors (Lipinski definition) is 1. The summed E-state index contributed by atoms with van der Waals surface area (Å²) in [5.41, 5.74) is 0.214. The molecule has 1 heterocycles. The maximum absolute atomic E-state index is 13.5. The van der Waals surface area contributed by atoms with Crippen LogP contribution in [-0.4, -0.2) is 31.1 Å². The summed E-state index contributed by atoms with van der Waals surface area (Å²) in [6.07, 6.45) is 2.12. The molecular formula is C13H17F3N2. The van der Waals surface area contributed by atoms with Crippen molar-refractivity contribution in [1.29, 1.82) is 0 Å². The van der Waals surface area contributed by atoms with E-state index >= 15 is 0 Å². The van der Waals surface area contributed by atoms with Gasteiger partial charge in [0, 0.05) is 30.8 Å². The fraction of sp³-hybridized carbons (Fsp3) is 0.538. The Morgan fingerprint density at radius 2 is 1.94 bits per heavy atom. The number of halogens is 3. The fourth-order valence-electron chi connectivity index (χ4n) is 2.36. The minimum absolute atomic E-state index is 0.214. The molecule has 0 spiro atoms. The van der Waals surface area contributed by atoms with Gasteiger partial charge in [-0.1, -0.05) is 0 Å². The van der Waals surface area contributed by atoms with Gasteiger partial charge in [0.1, 0.15) is 5.82 Å². The largest absolute Gasteiger partial charge is 0.316 e. The first-order valence-electron chi connectivity index (χ1n) is 6.13. The van der Waals surface area contributed by atoms with Crippen LogP contribution in [0.3, 0.4) is 0 Å². The van der Waals surface area contributed by atoms with Crippen LogP contribution in [0, 0.1) is 17.5 Å². The first-order chi connectivity index (χ1) is 8.60. The van der Waals surface area contributed by atoms with E-state index in [2.05, 4.69) is 10.2 Å². The lowest BCUT2D eigenvalue weighted by Crippen LogP contribution is -2.44. The molecule has 18 heavy (non-hydrogen) atoms. The highest BCUT2D eigenvalue weighted by atomic mass is 19.2. The molecule has 5 heteroatoms. The molecule has 1 unspecified atom stereocenters. The van der Waals surface area contributed by atoms with E-state index in [0.29, 0.717) is 18.7 Å². The number of hydrogen-bond acceptors (Lipinski definition) is 2. The van der Waals surface area contributed by atoms with Gasteiger partial charge in [0.05, 0.1) is 0 Å². The van der Waals surface area contributed by atoms with Gasteiger partial charge in [0.2, 0.25) is 0 Å². The molecule has 0 saturated carbocycles. The molecule has 0 amide bonds. The highest BCUT2D eigenvalue weighted by Crippen LogP contribution is 2.18. The number of rotatable bonds is 3. The van der Waals surface area contributed by atoms with Gasteiger partial charge in [-0.25, -0.2) is 13.2 Å². The second-order valence-electron chi connectivity index (χ2n) is 4.72. The van der Waals surface area contributed by atoms with Crippen LogP contribution in [0.1, 0.15) is 18.4 Å². The van der Waals surface area contributed by atoms with Gasteiger partial charge in [-0.15, -0.1) is 0 Å². The molecule has 1 N–H and O–H groups in total. The third-order valence-electron chi connectivity index (χ3n) is 3.40. The molecule has 1 aromatic rings. The van der Waals surface area contributed by atoms with E-state index in [1.165, 1.54) is 0 Å². The molecule has 0 bridgehead atoms. The van der Waals surface area contributed by atoms with Crippen LogP contribution in [-0.2, 0) is 6.54 Å². The average molecular weight is 258 g/mol. The second kappa shape index (κ2) is 5.71. The Kier molecular flexibility index (Phi) is 4.24.